The highest BCUT2D eigenvalue weighted by Crippen LogP contribution is 2.27. The number of hydrogen-bond acceptors (Lipinski definition) is 3. The molecule has 0 aliphatic carbocycles. The summed E-state index contributed by atoms with van der Waals surface area (Å²) in [6.07, 6.45) is 0. The zero-order valence-electron chi connectivity index (χ0n) is 12.5. The molecule has 5 heteroatoms. The predicted octanol–water partition coefficient (Wildman–Crippen LogP) is 4.74. The minimum Gasteiger partial charge on any atom is -0.305 e. The summed E-state index contributed by atoms with van der Waals surface area (Å²) in [5.41, 5.74) is 3.42. The number of rotatable bonds is 4. The van der Waals surface area contributed by atoms with E-state index in [4.69, 9.17) is 11.6 Å². The van der Waals surface area contributed by atoms with Gasteiger partial charge in [0.1, 0.15) is 0 Å². The van der Waals surface area contributed by atoms with Gasteiger partial charge in [0, 0.05) is 23.4 Å². The van der Waals surface area contributed by atoms with E-state index in [9.17, 15) is 0 Å². The Morgan fingerprint density at radius 1 is 1.05 bits per heavy atom. The molecule has 0 N–H and O–H groups in total. The first kappa shape index (κ1) is 15.1. The highest BCUT2D eigenvalue weighted by Gasteiger charge is 2.11. The topological polar surface area (TPSA) is 30.7 Å². The first-order valence-corrected chi connectivity index (χ1v) is 8.34. The van der Waals surface area contributed by atoms with E-state index < -0.39 is 0 Å². The van der Waals surface area contributed by atoms with Crippen molar-refractivity contribution in [1.82, 2.24) is 14.8 Å². The van der Waals surface area contributed by atoms with Gasteiger partial charge in [-0.2, -0.15) is 0 Å². The molecule has 0 aliphatic heterocycles. The van der Waals surface area contributed by atoms with Crippen LogP contribution >= 0.6 is 23.4 Å². The zero-order chi connectivity index (χ0) is 15.5. The van der Waals surface area contributed by atoms with Crippen molar-refractivity contribution in [2.45, 2.75) is 17.8 Å². The monoisotopic (exact) mass is 329 g/mol. The third-order valence-electron chi connectivity index (χ3n) is 3.46. The van der Waals surface area contributed by atoms with Crippen molar-refractivity contribution in [2.75, 3.05) is 0 Å². The molecule has 3 rings (SSSR count). The summed E-state index contributed by atoms with van der Waals surface area (Å²) in [4.78, 5) is 0. The predicted molar refractivity (Wildman–Crippen MR) is 92.2 cm³/mol. The molecule has 0 bridgehead atoms. The highest BCUT2D eigenvalue weighted by molar-refractivity contribution is 7.98. The molecule has 3 nitrogen and oxygen atoms in total. The van der Waals surface area contributed by atoms with Gasteiger partial charge >= 0.3 is 0 Å². The van der Waals surface area contributed by atoms with Gasteiger partial charge in [0.05, 0.1) is 0 Å². The minimum atomic E-state index is 0.777. The summed E-state index contributed by atoms with van der Waals surface area (Å²) in [5.74, 6) is 1.65. The second-order valence-electron chi connectivity index (χ2n) is 5.11. The van der Waals surface area contributed by atoms with Crippen LogP contribution < -0.4 is 0 Å². The van der Waals surface area contributed by atoms with E-state index >= 15 is 0 Å². The lowest BCUT2D eigenvalue weighted by molar-refractivity contribution is 0.794. The molecule has 0 atom stereocenters. The van der Waals surface area contributed by atoms with E-state index in [1.165, 1.54) is 5.56 Å². The molecule has 0 radical (unpaired) electrons. The minimum absolute atomic E-state index is 0.777. The molecule has 0 saturated carbocycles. The van der Waals surface area contributed by atoms with E-state index in [-0.39, 0.29) is 0 Å². The maximum atomic E-state index is 6.19. The largest absolute Gasteiger partial charge is 0.305 e. The van der Waals surface area contributed by atoms with Crippen LogP contribution in [-0.4, -0.2) is 14.8 Å². The number of aryl methyl sites for hydroxylation is 1. The molecule has 0 fully saturated rings. The first-order valence-electron chi connectivity index (χ1n) is 6.98. The van der Waals surface area contributed by atoms with Crippen LogP contribution in [0.1, 0.15) is 11.1 Å². The Labute approximate surface area is 139 Å². The molecule has 0 spiro atoms. The van der Waals surface area contributed by atoms with Crippen LogP contribution in [0.15, 0.2) is 53.7 Å². The van der Waals surface area contributed by atoms with Crippen LogP contribution in [0, 0.1) is 6.92 Å². The lowest BCUT2D eigenvalue weighted by atomic mass is 10.1. The van der Waals surface area contributed by atoms with Crippen LogP contribution in [0.5, 0.6) is 0 Å². The van der Waals surface area contributed by atoms with Gasteiger partial charge in [0.25, 0.3) is 0 Å². The van der Waals surface area contributed by atoms with E-state index in [2.05, 4.69) is 41.4 Å². The molecular weight excluding hydrogens is 314 g/mol. The fraction of sp³-hybridized carbons (Fsp3) is 0.176. The third-order valence-corrected chi connectivity index (χ3v) is 4.90. The maximum Gasteiger partial charge on any atom is 0.191 e. The number of hydrogen-bond donors (Lipinski definition) is 0. The molecule has 0 saturated heterocycles. The number of aromatic nitrogens is 3. The van der Waals surface area contributed by atoms with Gasteiger partial charge in [-0.15, -0.1) is 10.2 Å². The molecule has 22 heavy (non-hydrogen) atoms. The van der Waals surface area contributed by atoms with Gasteiger partial charge < -0.3 is 4.57 Å². The summed E-state index contributed by atoms with van der Waals surface area (Å²) in [5, 5.41) is 10.3. The van der Waals surface area contributed by atoms with Gasteiger partial charge in [-0.05, 0) is 18.6 Å². The Kier molecular flexibility index (Phi) is 4.50. The summed E-state index contributed by atoms with van der Waals surface area (Å²) in [7, 11) is 1.99. The van der Waals surface area contributed by atoms with Crippen LogP contribution in [0.3, 0.4) is 0 Å². The molecule has 0 amide bonds. The molecule has 3 aromatic rings. The lowest BCUT2D eigenvalue weighted by Crippen LogP contribution is -1.95. The molecule has 0 unspecified atom stereocenters. The van der Waals surface area contributed by atoms with Crippen molar-refractivity contribution in [3.8, 4) is 11.4 Å². The van der Waals surface area contributed by atoms with Crippen LogP contribution in [0.25, 0.3) is 11.4 Å². The Morgan fingerprint density at radius 3 is 2.50 bits per heavy atom. The van der Waals surface area contributed by atoms with E-state index in [1.54, 1.807) is 11.8 Å². The van der Waals surface area contributed by atoms with Gasteiger partial charge in [0.2, 0.25) is 0 Å². The SMILES string of the molecule is Cc1ccc(-c2nnc(SCc3ccccc3Cl)n2C)cc1. The van der Waals surface area contributed by atoms with Gasteiger partial charge in [-0.25, -0.2) is 0 Å². The smallest absolute Gasteiger partial charge is 0.191 e. The van der Waals surface area contributed by atoms with Crippen molar-refractivity contribution < 1.29 is 0 Å². The van der Waals surface area contributed by atoms with E-state index in [0.717, 1.165) is 32.9 Å². The second-order valence-corrected chi connectivity index (χ2v) is 6.46. The Bertz CT molecular complexity index is 781. The average molecular weight is 330 g/mol. The quantitative estimate of drug-likeness (QED) is 0.648. The van der Waals surface area contributed by atoms with Crippen molar-refractivity contribution in [3.05, 3.63) is 64.7 Å². The standard InChI is InChI=1S/C17H16ClN3S/c1-12-7-9-13(10-8-12)16-19-20-17(21(16)2)22-11-14-5-3-4-6-15(14)18/h3-10H,11H2,1-2H3. The van der Waals surface area contributed by atoms with Gasteiger partial charge in [-0.3, -0.25) is 0 Å². The third kappa shape index (κ3) is 3.18. The van der Waals surface area contributed by atoms with Crippen molar-refractivity contribution in [2.24, 2.45) is 7.05 Å². The number of halogens is 1. The van der Waals surface area contributed by atoms with Crippen LogP contribution in [0.2, 0.25) is 5.02 Å². The van der Waals surface area contributed by atoms with Crippen LogP contribution in [0.4, 0.5) is 0 Å². The average Bonchev–Trinajstić information content (AvgIpc) is 2.88. The summed E-state index contributed by atoms with van der Waals surface area (Å²) >= 11 is 7.83. The Balaban J connectivity index is 1.79. The molecule has 1 aromatic heterocycles. The molecule has 112 valence electrons. The molecule has 2 aromatic carbocycles. The van der Waals surface area contributed by atoms with E-state index in [0.29, 0.717) is 0 Å². The Hall–Kier alpha value is -1.78. The van der Waals surface area contributed by atoms with E-state index in [1.807, 2.05) is 35.9 Å². The second kappa shape index (κ2) is 6.55. The highest BCUT2D eigenvalue weighted by atomic mass is 35.5. The van der Waals surface area contributed by atoms with Gasteiger partial charge in [0.15, 0.2) is 11.0 Å². The summed E-state index contributed by atoms with van der Waals surface area (Å²) in [6.45, 7) is 2.07. The fourth-order valence-electron chi connectivity index (χ4n) is 2.15. The number of benzene rings is 2. The molecule has 1 heterocycles. The normalized spacial score (nSPS) is 10.9. The summed E-state index contributed by atoms with van der Waals surface area (Å²) < 4.78 is 2.02. The Morgan fingerprint density at radius 2 is 1.77 bits per heavy atom. The lowest BCUT2D eigenvalue weighted by Gasteiger charge is -2.05. The maximum absolute atomic E-state index is 6.19. The summed E-state index contributed by atoms with van der Waals surface area (Å²) in [6, 6.07) is 16.2. The van der Waals surface area contributed by atoms with Gasteiger partial charge in [-0.1, -0.05) is 71.4 Å². The van der Waals surface area contributed by atoms with Crippen LogP contribution in [-0.2, 0) is 12.8 Å². The van der Waals surface area contributed by atoms with Crippen molar-refractivity contribution in [1.29, 1.82) is 0 Å². The van der Waals surface area contributed by atoms with Crippen molar-refractivity contribution in [3.63, 3.8) is 0 Å². The number of thioether (sulfide) groups is 1. The first-order chi connectivity index (χ1) is 10.6. The fourth-order valence-corrected chi connectivity index (χ4v) is 3.35. The molecule has 0 aliphatic rings. The zero-order valence-corrected chi connectivity index (χ0v) is 14.0. The van der Waals surface area contributed by atoms with Crippen molar-refractivity contribution >= 4 is 23.4 Å². The molecular formula is C17H16ClN3S. The number of nitrogens with zero attached hydrogens (tertiary/aromatic N) is 3.